The maximum absolute atomic E-state index is 13.3. The Kier molecular flexibility index (Phi) is 6.41. The summed E-state index contributed by atoms with van der Waals surface area (Å²) in [6, 6.07) is 7.01. The summed E-state index contributed by atoms with van der Waals surface area (Å²) in [4.78, 5) is 34.8. The SMILES string of the molecule is CC1=C(C(=O)OC(C)(C)C)C(c2ccc(Cl)cc2)N2C(CC(=O)N3CCCC3)=CSC2=N1. The number of amidine groups is 1. The summed E-state index contributed by atoms with van der Waals surface area (Å²) in [6.07, 6.45) is 2.37. The minimum atomic E-state index is -0.636. The third kappa shape index (κ3) is 4.74. The van der Waals surface area contributed by atoms with Gasteiger partial charge in [-0.25, -0.2) is 9.79 Å². The Bertz CT molecular complexity index is 1020. The van der Waals surface area contributed by atoms with Crippen LogP contribution in [0.25, 0.3) is 0 Å². The zero-order valence-electron chi connectivity index (χ0n) is 18.9. The number of fused-ring (bicyclic) bond motifs is 1. The third-order valence-electron chi connectivity index (χ3n) is 5.60. The van der Waals surface area contributed by atoms with Gasteiger partial charge in [0.15, 0.2) is 5.17 Å². The van der Waals surface area contributed by atoms with Crippen molar-refractivity contribution in [2.75, 3.05) is 13.1 Å². The quantitative estimate of drug-likeness (QED) is 0.557. The van der Waals surface area contributed by atoms with Crippen molar-refractivity contribution >= 4 is 40.4 Å². The highest BCUT2D eigenvalue weighted by Crippen LogP contribution is 2.45. The van der Waals surface area contributed by atoms with Crippen LogP contribution in [0.3, 0.4) is 0 Å². The second-order valence-electron chi connectivity index (χ2n) is 9.21. The first kappa shape index (κ1) is 22.9. The molecule has 4 rings (SSSR count). The molecule has 1 amide bonds. The number of esters is 1. The molecular weight excluding hydrogens is 446 g/mol. The molecule has 1 unspecified atom stereocenters. The van der Waals surface area contributed by atoms with Crippen LogP contribution < -0.4 is 0 Å². The standard InChI is InChI=1S/C24H28ClN3O3S/c1-15-20(22(30)31-24(2,3)4)21(16-7-9-17(25)10-8-16)28-18(14-32-23(28)26-15)13-19(29)27-11-5-6-12-27/h7-10,14,21H,5-6,11-13H2,1-4H3. The number of halogens is 1. The molecule has 3 aliphatic rings. The predicted octanol–water partition coefficient (Wildman–Crippen LogP) is 5.27. The van der Waals surface area contributed by atoms with Crippen molar-refractivity contribution in [1.29, 1.82) is 0 Å². The van der Waals surface area contributed by atoms with Crippen molar-refractivity contribution in [3.8, 4) is 0 Å². The van der Waals surface area contributed by atoms with Crippen LogP contribution in [0, 0.1) is 0 Å². The number of amides is 1. The summed E-state index contributed by atoms with van der Waals surface area (Å²) < 4.78 is 5.75. The number of allylic oxidation sites excluding steroid dienone is 1. The van der Waals surface area contributed by atoms with Crippen molar-refractivity contribution in [2.45, 2.75) is 58.6 Å². The number of nitrogens with zero attached hydrogens (tertiary/aromatic N) is 3. The fourth-order valence-electron chi connectivity index (χ4n) is 4.16. The Morgan fingerprint density at radius 1 is 1.19 bits per heavy atom. The van der Waals surface area contributed by atoms with E-state index in [4.69, 9.17) is 21.3 Å². The Morgan fingerprint density at radius 2 is 1.84 bits per heavy atom. The molecule has 1 atom stereocenters. The second kappa shape index (κ2) is 8.94. The Hall–Kier alpha value is -2.25. The van der Waals surface area contributed by atoms with Gasteiger partial charge in [-0.2, -0.15) is 0 Å². The van der Waals surface area contributed by atoms with Gasteiger partial charge in [0.05, 0.1) is 23.7 Å². The normalized spacial score (nSPS) is 20.8. The molecule has 3 aliphatic heterocycles. The van der Waals surface area contributed by atoms with Crippen LogP contribution in [-0.2, 0) is 14.3 Å². The van der Waals surface area contributed by atoms with Crippen LogP contribution in [0.5, 0.6) is 0 Å². The van der Waals surface area contributed by atoms with Gasteiger partial charge in [0.1, 0.15) is 5.60 Å². The average molecular weight is 474 g/mol. The number of likely N-dealkylation sites (tertiary alicyclic amines) is 1. The Morgan fingerprint density at radius 3 is 2.47 bits per heavy atom. The zero-order chi connectivity index (χ0) is 23.0. The molecule has 6 nitrogen and oxygen atoms in total. The van der Waals surface area contributed by atoms with Crippen molar-refractivity contribution in [3.05, 3.63) is 57.2 Å². The molecule has 0 bridgehead atoms. The lowest BCUT2D eigenvalue weighted by atomic mass is 9.93. The lowest BCUT2D eigenvalue weighted by Gasteiger charge is -2.37. The summed E-state index contributed by atoms with van der Waals surface area (Å²) in [5.74, 6) is -0.296. The molecular formula is C24H28ClN3O3S. The number of ether oxygens (including phenoxy) is 1. The van der Waals surface area contributed by atoms with Gasteiger partial charge in [-0.1, -0.05) is 35.5 Å². The summed E-state index contributed by atoms with van der Waals surface area (Å²) in [7, 11) is 0. The molecule has 0 radical (unpaired) electrons. The first-order valence-corrected chi connectivity index (χ1v) is 12.1. The average Bonchev–Trinajstić information content (AvgIpc) is 3.37. The molecule has 0 spiro atoms. The van der Waals surface area contributed by atoms with Gasteiger partial charge < -0.3 is 14.5 Å². The van der Waals surface area contributed by atoms with Gasteiger partial charge >= 0.3 is 5.97 Å². The Balaban J connectivity index is 1.72. The number of thioether (sulfide) groups is 1. The molecule has 1 saturated heterocycles. The number of benzene rings is 1. The highest BCUT2D eigenvalue weighted by atomic mass is 35.5. The first-order chi connectivity index (χ1) is 15.1. The lowest BCUT2D eigenvalue weighted by molar-refractivity contribution is -0.150. The number of aliphatic imine (C=N–C) groups is 1. The van der Waals surface area contributed by atoms with Gasteiger partial charge in [-0.15, -0.1) is 0 Å². The van der Waals surface area contributed by atoms with Crippen LogP contribution in [-0.4, -0.2) is 45.5 Å². The molecule has 3 heterocycles. The van der Waals surface area contributed by atoms with Gasteiger partial charge in [0.25, 0.3) is 0 Å². The molecule has 170 valence electrons. The molecule has 0 saturated carbocycles. The molecule has 0 aliphatic carbocycles. The highest BCUT2D eigenvalue weighted by molar-refractivity contribution is 8.16. The molecule has 32 heavy (non-hydrogen) atoms. The van der Waals surface area contributed by atoms with Gasteiger partial charge in [-0.3, -0.25) is 4.79 Å². The molecule has 1 aromatic rings. The maximum atomic E-state index is 13.3. The van der Waals surface area contributed by atoms with Crippen LogP contribution in [0.1, 0.15) is 58.6 Å². The van der Waals surface area contributed by atoms with E-state index in [9.17, 15) is 9.59 Å². The lowest BCUT2D eigenvalue weighted by Crippen LogP contribution is -2.39. The minimum absolute atomic E-state index is 0.107. The largest absolute Gasteiger partial charge is 0.456 e. The molecule has 8 heteroatoms. The highest BCUT2D eigenvalue weighted by Gasteiger charge is 2.42. The number of hydrogen-bond donors (Lipinski definition) is 0. The van der Waals surface area contributed by atoms with Gasteiger partial charge in [0.2, 0.25) is 5.91 Å². The minimum Gasteiger partial charge on any atom is -0.456 e. The van der Waals surface area contributed by atoms with E-state index in [-0.39, 0.29) is 12.3 Å². The first-order valence-electron chi connectivity index (χ1n) is 10.8. The van der Waals surface area contributed by atoms with Crippen LogP contribution in [0.15, 0.2) is 51.6 Å². The van der Waals surface area contributed by atoms with Gasteiger partial charge in [0, 0.05) is 23.8 Å². The van der Waals surface area contributed by atoms with Crippen molar-refractivity contribution < 1.29 is 14.3 Å². The van der Waals surface area contributed by atoms with Gasteiger partial charge in [-0.05, 0) is 63.6 Å². The van der Waals surface area contributed by atoms with E-state index in [1.807, 2.05) is 67.2 Å². The van der Waals surface area contributed by atoms with E-state index in [1.165, 1.54) is 11.8 Å². The summed E-state index contributed by atoms with van der Waals surface area (Å²) >= 11 is 7.62. The monoisotopic (exact) mass is 473 g/mol. The van der Waals surface area contributed by atoms with Crippen molar-refractivity contribution in [2.24, 2.45) is 4.99 Å². The van der Waals surface area contributed by atoms with E-state index < -0.39 is 17.6 Å². The summed E-state index contributed by atoms with van der Waals surface area (Å²) in [6.45, 7) is 9.00. The fraction of sp³-hybridized carbons (Fsp3) is 0.458. The second-order valence-corrected chi connectivity index (χ2v) is 10.5. The van der Waals surface area contributed by atoms with E-state index >= 15 is 0 Å². The van der Waals surface area contributed by atoms with E-state index in [0.29, 0.717) is 16.3 Å². The van der Waals surface area contributed by atoms with Crippen LogP contribution in [0.4, 0.5) is 0 Å². The van der Waals surface area contributed by atoms with E-state index in [1.54, 1.807) is 0 Å². The topological polar surface area (TPSA) is 62.2 Å². The number of carbonyl (C=O) groups is 2. The number of carbonyl (C=O) groups excluding carboxylic acids is 2. The van der Waals surface area contributed by atoms with Crippen LogP contribution >= 0.6 is 23.4 Å². The summed E-state index contributed by atoms with van der Waals surface area (Å²) in [5.41, 5.74) is 2.21. The van der Waals surface area contributed by atoms with E-state index in [2.05, 4.69) is 0 Å². The molecule has 0 N–H and O–H groups in total. The predicted molar refractivity (Wildman–Crippen MR) is 128 cm³/mol. The smallest absolute Gasteiger partial charge is 0.338 e. The number of rotatable bonds is 4. The molecule has 0 aromatic heterocycles. The Labute approximate surface area is 198 Å². The zero-order valence-corrected chi connectivity index (χ0v) is 20.4. The number of hydrogen-bond acceptors (Lipinski definition) is 6. The van der Waals surface area contributed by atoms with E-state index in [0.717, 1.165) is 42.4 Å². The summed E-state index contributed by atoms with van der Waals surface area (Å²) in [5, 5.41) is 3.36. The van der Waals surface area contributed by atoms with Crippen molar-refractivity contribution in [3.63, 3.8) is 0 Å². The van der Waals surface area contributed by atoms with Crippen LogP contribution in [0.2, 0.25) is 5.02 Å². The van der Waals surface area contributed by atoms with Crippen molar-refractivity contribution in [1.82, 2.24) is 9.80 Å². The maximum Gasteiger partial charge on any atom is 0.338 e. The molecule has 1 fully saturated rings. The molecule has 1 aromatic carbocycles. The fourth-order valence-corrected chi connectivity index (χ4v) is 5.25. The third-order valence-corrected chi connectivity index (χ3v) is 6.74.